The van der Waals surface area contributed by atoms with Crippen molar-refractivity contribution in [2.75, 3.05) is 37.3 Å². The molecule has 2 N–H and O–H groups in total. The van der Waals surface area contributed by atoms with E-state index >= 15 is 0 Å². The Morgan fingerprint density at radius 1 is 1.32 bits per heavy atom. The second-order valence-electron chi connectivity index (χ2n) is 6.70. The third-order valence-electron chi connectivity index (χ3n) is 4.87. The van der Waals surface area contributed by atoms with Gasteiger partial charge in [0.25, 0.3) is 0 Å². The van der Waals surface area contributed by atoms with Crippen LogP contribution in [0.4, 0.5) is 35.0 Å². The molecule has 1 aliphatic rings. The Labute approximate surface area is 160 Å². The third kappa shape index (κ3) is 4.18. The Morgan fingerprint density at radius 3 is 2.68 bits per heavy atom. The molecule has 7 nitrogen and oxygen atoms in total. The summed E-state index contributed by atoms with van der Waals surface area (Å²) in [4.78, 5) is 9.68. The molecular formula is C17H23F4N7. The molecule has 1 aliphatic heterocycles. The van der Waals surface area contributed by atoms with Crippen molar-refractivity contribution in [2.24, 2.45) is 0 Å². The minimum atomic E-state index is -4.55. The second-order valence-corrected chi connectivity index (χ2v) is 6.70. The highest BCUT2D eigenvalue weighted by atomic mass is 19.4. The minimum Gasteiger partial charge on any atom is -0.372 e. The summed E-state index contributed by atoms with van der Waals surface area (Å²) in [6.45, 7) is 5.68. The van der Waals surface area contributed by atoms with E-state index in [1.165, 1.54) is 7.05 Å². The van der Waals surface area contributed by atoms with E-state index in [4.69, 9.17) is 0 Å². The zero-order valence-corrected chi connectivity index (χ0v) is 15.9. The van der Waals surface area contributed by atoms with Crippen molar-refractivity contribution in [1.29, 1.82) is 0 Å². The van der Waals surface area contributed by atoms with Crippen LogP contribution in [0.15, 0.2) is 12.4 Å². The zero-order chi connectivity index (χ0) is 20.5. The van der Waals surface area contributed by atoms with E-state index in [1.54, 1.807) is 17.8 Å². The topological polar surface area (TPSA) is 70.9 Å². The number of anilines is 3. The molecule has 0 aromatic carbocycles. The Kier molecular flexibility index (Phi) is 5.73. The van der Waals surface area contributed by atoms with Crippen LogP contribution < -0.4 is 10.6 Å². The number of halogens is 4. The lowest BCUT2D eigenvalue weighted by Gasteiger charge is -2.33. The number of alkyl halides is 4. The summed E-state index contributed by atoms with van der Waals surface area (Å²) in [5, 5.41) is 9.68. The summed E-state index contributed by atoms with van der Waals surface area (Å²) in [6.07, 6.45) is -2.59. The zero-order valence-electron chi connectivity index (χ0n) is 15.9. The van der Waals surface area contributed by atoms with Crippen molar-refractivity contribution in [1.82, 2.24) is 24.6 Å². The number of aryl methyl sites for hydroxylation is 1. The number of nitrogens with zero attached hydrogens (tertiary/aromatic N) is 5. The molecule has 0 saturated carbocycles. The first-order valence-corrected chi connectivity index (χ1v) is 9.04. The van der Waals surface area contributed by atoms with Crippen LogP contribution in [0.2, 0.25) is 0 Å². The molecule has 2 atom stereocenters. The predicted octanol–water partition coefficient (Wildman–Crippen LogP) is 3.39. The summed E-state index contributed by atoms with van der Waals surface area (Å²) >= 11 is 0. The molecule has 1 fully saturated rings. The van der Waals surface area contributed by atoms with Gasteiger partial charge >= 0.3 is 6.18 Å². The lowest BCUT2D eigenvalue weighted by Crippen LogP contribution is -2.42. The van der Waals surface area contributed by atoms with Crippen molar-refractivity contribution in [3.05, 3.63) is 23.7 Å². The fourth-order valence-corrected chi connectivity index (χ4v) is 3.28. The van der Waals surface area contributed by atoms with Gasteiger partial charge in [-0.3, -0.25) is 4.68 Å². The number of aromatic nitrogens is 4. The molecule has 3 rings (SSSR count). The molecule has 2 aromatic rings. The number of nitrogens with one attached hydrogen (secondary N) is 2. The summed E-state index contributed by atoms with van der Waals surface area (Å²) in [5.41, 5.74) is 0.155. The first-order chi connectivity index (χ1) is 13.2. The molecule has 0 spiro atoms. The molecule has 2 unspecified atom stereocenters. The van der Waals surface area contributed by atoms with Gasteiger partial charge < -0.3 is 15.5 Å². The van der Waals surface area contributed by atoms with Gasteiger partial charge in [-0.1, -0.05) is 6.92 Å². The largest absolute Gasteiger partial charge is 0.421 e. The summed E-state index contributed by atoms with van der Waals surface area (Å²) in [5.74, 6) is -0.330. The van der Waals surface area contributed by atoms with Crippen LogP contribution in [0.3, 0.4) is 0 Å². The van der Waals surface area contributed by atoms with Gasteiger partial charge in [0, 0.05) is 32.5 Å². The van der Waals surface area contributed by atoms with Gasteiger partial charge in [0.1, 0.15) is 17.6 Å². The molecule has 3 heterocycles. The van der Waals surface area contributed by atoms with Crippen LogP contribution in [-0.4, -0.2) is 57.5 Å². The molecule has 28 heavy (non-hydrogen) atoms. The highest BCUT2D eigenvalue weighted by molar-refractivity contribution is 5.57. The lowest BCUT2D eigenvalue weighted by molar-refractivity contribution is -0.137. The molecule has 11 heteroatoms. The van der Waals surface area contributed by atoms with Crippen LogP contribution in [0.25, 0.3) is 0 Å². The van der Waals surface area contributed by atoms with E-state index in [2.05, 4.69) is 25.7 Å². The van der Waals surface area contributed by atoms with Gasteiger partial charge in [0.2, 0.25) is 5.95 Å². The second kappa shape index (κ2) is 7.90. The highest BCUT2D eigenvalue weighted by Gasteiger charge is 2.35. The van der Waals surface area contributed by atoms with Gasteiger partial charge in [0.05, 0.1) is 17.4 Å². The maximum absolute atomic E-state index is 14.5. The van der Waals surface area contributed by atoms with Crippen LogP contribution in [-0.2, 0) is 6.18 Å². The van der Waals surface area contributed by atoms with Crippen LogP contribution in [0.1, 0.15) is 30.6 Å². The average Bonchev–Trinajstić information content (AvgIpc) is 3.00. The molecule has 0 radical (unpaired) electrons. The number of hydrogen-bond acceptors (Lipinski definition) is 6. The molecule has 2 aromatic heterocycles. The van der Waals surface area contributed by atoms with Gasteiger partial charge in [0.15, 0.2) is 0 Å². The molecule has 1 saturated heterocycles. The number of hydrogen-bond donors (Lipinski definition) is 2. The van der Waals surface area contributed by atoms with E-state index in [-0.39, 0.29) is 17.8 Å². The fraction of sp³-hybridized carbons (Fsp3) is 0.588. The quantitative estimate of drug-likeness (QED) is 0.749. The normalized spacial score (nSPS) is 21.0. The van der Waals surface area contributed by atoms with E-state index in [0.717, 1.165) is 19.3 Å². The van der Waals surface area contributed by atoms with Gasteiger partial charge in [-0.15, -0.1) is 0 Å². The van der Waals surface area contributed by atoms with Gasteiger partial charge in [-0.2, -0.15) is 23.3 Å². The fourth-order valence-electron chi connectivity index (χ4n) is 3.28. The Morgan fingerprint density at radius 2 is 2.07 bits per heavy atom. The van der Waals surface area contributed by atoms with Crippen LogP contribution in [0, 0.1) is 6.92 Å². The average molecular weight is 401 g/mol. The van der Waals surface area contributed by atoms with Crippen molar-refractivity contribution in [3.63, 3.8) is 0 Å². The third-order valence-corrected chi connectivity index (χ3v) is 4.87. The van der Waals surface area contributed by atoms with Crippen molar-refractivity contribution in [2.45, 2.75) is 38.7 Å². The Bertz CT molecular complexity index is 820. The molecule has 0 amide bonds. The van der Waals surface area contributed by atoms with E-state index in [9.17, 15) is 17.6 Å². The maximum atomic E-state index is 14.5. The van der Waals surface area contributed by atoms with Crippen molar-refractivity contribution < 1.29 is 17.6 Å². The van der Waals surface area contributed by atoms with Gasteiger partial charge in [-0.25, -0.2) is 9.37 Å². The molecule has 0 bridgehead atoms. The SMILES string of the molecule is CCN1CCC(n2cc(Nc3ncc(C(F)(F)F)c(NC)n3)c(C)n2)C(F)C1. The monoisotopic (exact) mass is 401 g/mol. The predicted molar refractivity (Wildman–Crippen MR) is 97.5 cm³/mol. The van der Waals surface area contributed by atoms with E-state index in [0.29, 0.717) is 24.3 Å². The summed E-state index contributed by atoms with van der Waals surface area (Å²) in [7, 11) is 1.36. The van der Waals surface area contributed by atoms with E-state index < -0.39 is 17.9 Å². The highest BCUT2D eigenvalue weighted by Crippen LogP contribution is 2.34. The molecule has 0 aliphatic carbocycles. The minimum absolute atomic E-state index is 0.00222. The van der Waals surface area contributed by atoms with Gasteiger partial charge in [-0.05, 0) is 19.9 Å². The number of piperidine rings is 1. The first kappa shape index (κ1) is 20.3. The van der Waals surface area contributed by atoms with Crippen molar-refractivity contribution >= 4 is 17.5 Å². The number of rotatable bonds is 5. The lowest BCUT2D eigenvalue weighted by atomic mass is 10.0. The summed E-state index contributed by atoms with van der Waals surface area (Å²) < 4.78 is 55.0. The smallest absolute Gasteiger partial charge is 0.372 e. The Balaban J connectivity index is 1.79. The summed E-state index contributed by atoms with van der Waals surface area (Å²) in [6, 6.07) is -0.376. The van der Waals surface area contributed by atoms with Crippen molar-refractivity contribution in [3.8, 4) is 0 Å². The first-order valence-electron chi connectivity index (χ1n) is 9.04. The maximum Gasteiger partial charge on any atom is 0.421 e. The number of likely N-dealkylation sites (tertiary alicyclic amines) is 1. The Hall–Kier alpha value is -2.43. The standard InChI is InChI=1S/C17H23F4N7/c1-4-27-6-5-14(12(18)8-27)28-9-13(10(2)26-28)24-16-23-7-11(17(19,20)21)15(22-3)25-16/h7,9,12,14H,4-6,8H2,1-3H3,(H2,22,23,24,25). The van der Waals surface area contributed by atoms with Crippen LogP contribution >= 0.6 is 0 Å². The van der Waals surface area contributed by atoms with Crippen LogP contribution in [0.5, 0.6) is 0 Å². The van der Waals surface area contributed by atoms with E-state index in [1.807, 2.05) is 11.8 Å². The molecular weight excluding hydrogens is 378 g/mol. The molecule has 154 valence electrons.